The van der Waals surface area contributed by atoms with E-state index in [0.29, 0.717) is 18.7 Å². The zero-order chi connectivity index (χ0) is 16.2. The molecule has 3 aromatic rings. The van der Waals surface area contributed by atoms with Gasteiger partial charge in [-0.15, -0.1) is 0 Å². The van der Waals surface area contributed by atoms with Crippen molar-refractivity contribution in [3.8, 4) is 0 Å². The lowest BCUT2D eigenvalue weighted by Gasteiger charge is -2.10. The largest absolute Gasteiger partial charge is 0.348 e. The summed E-state index contributed by atoms with van der Waals surface area (Å²) in [5, 5.41) is 3.58. The van der Waals surface area contributed by atoms with Crippen LogP contribution in [0.3, 0.4) is 0 Å². The summed E-state index contributed by atoms with van der Waals surface area (Å²) in [5.41, 5.74) is 1.41. The van der Waals surface area contributed by atoms with Gasteiger partial charge >= 0.3 is 0 Å². The number of nitrogens with zero attached hydrogens (tertiary/aromatic N) is 2. The van der Waals surface area contributed by atoms with Crippen LogP contribution in [0.15, 0.2) is 59.5 Å². The molecule has 1 aromatic carbocycles. The van der Waals surface area contributed by atoms with E-state index in [2.05, 4.69) is 10.3 Å². The average Bonchev–Trinajstić information content (AvgIpc) is 2.60. The Morgan fingerprint density at radius 2 is 1.96 bits per heavy atom. The van der Waals surface area contributed by atoms with Crippen LogP contribution in [0.5, 0.6) is 0 Å². The Kier molecular flexibility index (Phi) is 4.19. The fourth-order valence-electron chi connectivity index (χ4n) is 2.54. The minimum atomic E-state index is -0.369. The third kappa shape index (κ3) is 2.99. The first-order valence-corrected chi connectivity index (χ1v) is 7.51. The van der Waals surface area contributed by atoms with Crippen LogP contribution in [-0.2, 0) is 13.1 Å². The number of benzene rings is 1. The Bertz CT molecular complexity index is 901. The Hall–Kier alpha value is -2.95. The molecular weight excluding hydrogens is 290 g/mol. The molecule has 0 bridgehead atoms. The van der Waals surface area contributed by atoms with Crippen molar-refractivity contribution in [1.29, 1.82) is 0 Å². The van der Waals surface area contributed by atoms with Crippen molar-refractivity contribution >= 4 is 16.9 Å². The lowest BCUT2D eigenvalue weighted by molar-refractivity contribution is 0.0949. The Balaban J connectivity index is 1.94. The number of nitrogens with one attached hydrogen (secondary N) is 1. The van der Waals surface area contributed by atoms with Crippen LogP contribution >= 0.6 is 0 Å². The second-order valence-electron chi connectivity index (χ2n) is 5.19. The van der Waals surface area contributed by atoms with Gasteiger partial charge in [0.05, 0.1) is 0 Å². The van der Waals surface area contributed by atoms with E-state index in [-0.39, 0.29) is 17.0 Å². The summed E-state index contributed by atoms with van der Waals surface area (Å²) in [5.74, 6) is -0.369. The summed E-state index contributed by atoms with van der Waals surface area (Å²) in [4.78, 5) is 29.2. The molecule has 0 saturated carbocycles. The number of aryl methyl sites for hydroxylation is 1. The molecule has 1 amide bonds. The van der Waals surface area contributed by atoms with Gasteiger partial charge in [0.25, 0.3) is 11.5 Å². The number of rotatable bonds is 4. The number of amides is 1. The molecule has 1 N–H and O–H groups in total. The van der Waals surface area contributed by atoms with Crippen LogP contribution in [-0.4, -0.2) is 15.5 Å². The van der Waals surface area contributed by atoms with Gasteiger partial charge in [0.15, 0.2) is 0 Å². The Morgan fingerprint density at radius 1 is 1.17 bits per heavy atom. The molecule has 0 aliphatic heterocycles. The van der Waals surface area contributed by atoms with E-state index in [1.165, 1.54) is 4.57 Å². The minimum absolute atomic E-state index is 0.142. The van der Waals surface area contributed by atoms with Crippen molar-refractivity contribution in [3.05, 3.63) is 76.2 Å². The number of hydrogen-bond acceptors (Lipinski definition) is 3. The third-order valence-electron chi connectivity index (χ3n) is 3.70. The molecule has 2 aromatic heterocycles. The van der Waals surface area contributed by atoms with Gasteiger partial charge in [-0.3, -0.25) is 14.2 Å². The molecule has 116 valence electrons. The van der Waals surface area contributed by atoms with Crippen LogP contribution in [0, 0.1) is 0 Å². The number of aromatic nitrogens is 2. The van der Waals surface area contributed by atoms with Gasteiger partial charge in [0, 0.05) is 24.7 Å². The highest BCUT2D eigenvalue weighted by atomic mass is 16.2. The van der Waals surface area contributed by atoms with Gasteiger partial charge in [-0.25, -0.2) is 4.98 Å². The fraction of sp³-hybridized carbons (Fsp3) is 0.167. The van der Waals surface area contributed by atoms with E-state index < -0.39 is 0 Å². The molecular formula is C18H17N3O2. The lowest BCUT2D eigenvalue weighted by atomic mass is 10.1. The molecule has 0 radical (unpaired) electrons. The van der Waals surface area contributed by atoms with E-state index in [9.17, 15) is 9.59 Å². The second-order valence-corrected chi connectivity index (χ2v) is 5.19. The van der Waals surface area contributed by atoms with Gasteiger partial charge in [0.2, 0.25) is 0 Å². The van der Waals surface area contributed by atoms with E-state index in [0.717, 1.165) is 10.9 Å². The fourth-order valence-corrected chi connectivity index (χ4v) is 2.54. The SMILES string of the molecule is CCn1c(=O)c(C(=O)NCc2ccccc2)cc2cccnc21. The highest BCUT2D eigenvalue weighted by Crippen LogP contribution is 2.11. The van der Waals surface area contributed by atoms with Crippen molar-refractivity contribution in [2.75, 3.05) is 0 Å². The number of pyridine rings is 2. The van der Waals surface area contributed by atoms with Gasteiger partial charge in [-0.05, 0) is 30.7 Å². The number of hydrogen-bond donors (Lipinski definition) is 1. The van der Waals surface area contributed by atoms with E-state index >= 15 is 0 Å². The highest BCUT2D eigenvalue weighted by Gasteiger charge is 2.15. The van der Waals surface area contributed by atoms with E-state index in [1.54, 1.807) is 18.3 Å². The topological polar surface area (TPSA) is 64.0 Å². The first-order chi connectivity index (χ1) is 11.2. The standard InChI is InChI=1S/C18H17N3O2/c1-2-21-16-14(9-6-10-19-16)11-15(18(21)23)17(22)20-12-13-7-4-3-5-8-13/h3-11H,2,12H2,1H3,(H,20,22). The minimum Gasteiger partial charge on any atom is -0.348 e. The zero-order valence-electron chi connectivity index (χ0n) is 12.8. The normalized spacial score (nSPS) is 10.7. The average molecular weight is 307 g/mol. The van der Waals surface area contributed by atoms with Crippen LogP contribution in [0.25, 0.3) is 11.0 Å². The first kappa shape index (κ1) is 15.0. The highest BCUT2D eigenvalue weighted by molar-refractivity contribution is 5.96. The first-order valence-electron chi connectivity index (χ1n) is 7.51. The predicted octanol–water partition coefficient (Wildman–Crippen LogP) is 2.35. The maximum absolute atomic E-state index is 12.5. The van der Waals surface area contributed by atoms with E-state index in [4.69, 9.17) is 0 Å². The van der Waals surface area contributed by atoms with Crippen LogP contribution in [0.1, 0.15) is 22.8 Å². The summed E-state index contributed by atoms with van der Waals surface area (Å²) in [7, 11) is 0. The second kappa shape index (κ2) is 6.44. The molecule has 2 heterocycles. The van der Waals surface area contributed by atoms with Gasteiger partial charge in [-0.1, -0.05) is 30.3 Å². The molecule has 0 spiro atoms. The maximum Gasteiger partial charge on any atom is 0.265 e. The molecule has 5 heteroatoms. The van der Waals surface area contributed by atoms with Crippen molar-refractivity contribution in [2.24, 2.45) is 0 Å². The Labute approximate surface area is 133 Å². The lowest BCUT2D eigenvalue weighted by Crippen LogP contribution is -2.33. The number of carbonyl (C=O) groups is 1. The van der Waals surface area contributed by atoms with E-state index in [1.807, 2.05) is 43.3 Å². The maximum atomic E-state index is 12.5. The molecule has 0 fully saturated rings. The summed E-state index contributed by atoms with van der Waals surface area (Å²) >= 11 is 0. The van der Waals surface area contributed by atoms with Crippen molar-refractivity contribution < 1.29 is 4.79 Å². The predicted molar refractivity (Wildman–Crippen MR) is 89.3 cm³/mol. The smallest absolute Gasteiger partial charge is 0.265 e. The number of fused-ring (bicyclic) bond motifs is 1. The summed E-state index contributed by atoms with van der Waals surface area (Å²) in [6, 6.07) is 14.8. The van der Waals surface area contributed by atoms with Crippen molar-refractivity contribution in [1.82, 2.24) is 14.9 Å². The van der Waals surface area contributed by atoms with Gasteiger partial charge in [-0.2, -0.15) is 0 Å². The molecule has 0 unspecified atom stereocenters. The summed E-state index contributed by atoms with van der Waals surface area (Å²) in [6.45, 7) is 2.71. The zero-order valence-corrected chi connectivity index (χ0v) is 12.8. The van der Waals surface area contributed by atoms with Crippen LogP contribution in [0.2, 0.25) is 0 Å². The molecule has 23 heavy (non-hydrogen) atoms. The summed E-state index contributed by atoms with van der Waals surface area (Å²) in [6.07, 6.45) is 1.64. The van der Waals surface area contributed by atoms with Crippen LogP contribution in [0.4, 0.5) is 0 Å². The molecule has 0 aliphatic carbocycles. The molecule has 0 aliphatic rings. The molecule has 0 atom stereocenters. The van der Waals surface area contributed by atoms with Crippen molar-refractivity contribution in [3.63, 3.8) is 0 Å². The molecule has 5 nitrogen and oxygen atoms in total. The monoisotopic (exact) mass is 307 g/mol. The number of carbonyl (C=O) groups excluding carboxylic acids is 1. The van der Waals surface area contributed by atoms with Crippen molar-refractivity contribution in [2.45, 2.75) is 20.0 Å². The molecule has 0 saturated heterocycles. The Morgan fingerprint density at radius 3 is 2.70 bits per heavy atom. The van der Waals surface area contributed by atoms with Gasteiger partial charge < -0.3 is 5.32 Å². The quantitative estimate of drug-likeness (QED) is 0.804. The van der Waals surface area contributed by atoms with Gasteiger partial charge in [0.1, 0.15) is 11.2 Å². The third-order valence-corrected chi connectivity index (χ3v) is 3.70. The van der Waals surface area contributed by atoms with Crippen LogP contribution < -0.4 is 10.9 Å². The molecule has 3 rings (SSSR count). The summed E-state index contributed by atoms with van der Waals surface area (Å²) < 4.78 is 1.52.